The molecule has 4 aromatic rings. The highest BCUT2D eigenvalue weighted by Gasteiger charge is 2.32. The number of allylic oxidation sites excluding steroid dienone is 1. The highest BCUT2D eigenvalue weighted by Crippen LogP contribution is 2.40. The fraction of sp³-hybridized carbons (Fsp3) is 0.179. The highest BCUT2D eigenvalue weighted by atomic mass is 16.5. The molecule has 1 aliphatic rings. The van der Waals surface area contributed by atoms with Gasteiger partial charge in [-0.1, -0.05) is 48.5 Å². The number of benzene rings is 3. The number of nitrogens with zero attached hydrogens (tertiary/aromatic N) is 1. The maximum absolute atomic E-state index is 14.0. The molecule has 4 heteroatoms. The smallest absolute Gasteiger partial charge is 0.209 e. The Morgan fingerprint density at radius 3 is 2.50 bits per heavy atom. The Bertz CT molecular complexity index is 1350. The predicted molar refractivity (Wildman–Crippen MR) is 127 cm³/mol. The monoisotopic (exact) mass is 423 g/mol. The van der Waals surface area contributed by atoms with Gasteiger partial charge < -0.3 is 14.0 Å². The summed E-state index contributed by atoms with van der Waals surface area (Å²) in [6, 6.07) is 25.9. The van der Waals surface area contributed by atoms with Crippen LogP contribution in [0.5, 0.6) is 11.5 Å². The van der Waals surface area contributed by atoms with Gasteiger partial charge in [0.05, 0.1) is 12.8 Å². The molecule has 0 aliphatic carbocycles. The lowest BCUT2D eigenvalue weighted by Crippen LogP contribution is -2.30. The summed E-state index contributed by atoms with van der Waals surface area (Å²) in [6.07, 6.45) is 1.93. The lowest BCUT2D eigenvalue weighted by Gasteiger charge is -2.31. The lowest BCUT2D eigenvalue weighted by atomic mass is 9.91. The van der Waals surface area contributed by atoms with Gasteiger partial charge in [-0.15, -0.1) is 0 Å². The van der Waals surface area contributed by atoms with Crippen LogP contribution in [0.25, 0.3) is 16.5 Å². The third-order valence-electron chi connectivity index (χ3n) is 5.82. The summed E-state index contributed by atoms with van der Waals surface area (Å²) in [5, 5.41) is 1.05. The van der Waals surface area contributed by atoms with Gasteiger partial charge in [-0.05, 0) is 49.8 Å². The molecule has 0 atom stereocenters. The molecule has 0 N–H and O–H groups in total. The van der Waals surface area contributed by atoms with Crippen LogP contribution in [-0.4, -0.2) is 23.1 Å². The van der Waals surface area contributed by atoms with Crippen LogP contribution in [0.1, 0.15) is 35.5 Å². The SMILES string of the molecule is COc1ccc2c(c1)OC(C)(C)C=C2C(=O)c1cc2ccccc2n1Cc1ccccc1. The van der Waals surface area contributed by atoms with Crippen molar-refractivity contribution in [1.29, 1.82) is 0 Å². The second-order valence-corrected chi connectivity index (χ2v) is 8.61. The van der Waals surface area contributed by atoms with Gasteiger partial charge in [0.15, 0.2) is 0 Å². The molecule has 0 spiro atoms. The Labute approximate surface area is 187 Å². The predicted octanol–water partition coefficient (Wildman–Crippen LogP) is 6.14. The standard InChI is InChI=1S/C28H25NO3/c1-28(2)17-23(22-14-13-21(31-3)16-26(22)32-28)27(30)25-15-20-11-7-8-12-24(20)29(25)18-19-9-5-4-6-10-19/h4-17H,18H2,1-3H3. The Kier molecular flexibility index (Phi) is 4.86. The number of methoxy groups -OCH3 is 1. The minimum absolute atomic E-state index is 0.0140. The second-order valence-electron chi connectivity index (χ2n) is 8.61. The average molecular weight is 424 g/mol. The van der Waals surface area contributed by atoms with Gasteiger partial charge in [0, 0.05) is 34.7 Å². The number of Topliss-reactive ketones (excluding diaryl/α,β-unsaturated/α-hetero) is 1. The number of ketones is 1. The van der Waals surface area contributed by atoms with Crippen LogP contribution >= 0.6 is 0 Å². The van der Waals surface area contributed by atoms with Crippen LogP contribution < -0.4 is 9.47 Å². The first kappa shape index (κ1) is 20.1. The lowest BCUT2D eigenvalue weighted by molar-refractivity contribution is 0.103. The summed E-state index contributed by atoms with van der Waals surface area (Å²) >= 11 is 0. The number of ether oxygens (including phenoxy) is 2. The van der Waals surface area contributed by atoms with Crippen molar-refractivity contribution in [2.24, 2.45) is 0 Å². The van der Waals surface area contributed by atoms with Crippen molar-refractivity contribution in [2.75, 3.05) is 7.11 Å². The molecule has 160 valence electrons. The second kappa shape index (κ2) is 7.72. The normalized spacial score (nSPS) is 14.4. The number of para-hydroxylation sites is 1. The van der Waals surface area contributed by atoms with Gasteiger partial charge in [-0.2, -0.15) is 0 Å². The van der Waals surface area contributed by atoms with Crippen molar-refractivity contribution < 1.29 is 14.3 Å². The Hall–Kier alpha value is -3.79. The first-order chi connectivity index (χ1) is 15.4. The number of carbonyl (C=O) groups excluding carboxylic acids is 1. The van der Waals surface area contributed by atoms with Crippen molar-refractivity contribution in [1.82, 2.24) is 4.57 Å². The summed E-state index contributed by atoms with van der Waals surface area (Å²) in [5.41, 5.74) is 3.68. The molecule has 0 saturated heterocycles. The number of fused-ring (bicyclic) bond motifs is 2. The Morgan fingerprint density at radius 1 is 0.969 bits per heavy atom. The number of rotatable bonds is 5. The minimum Gasteiger partial charge on any atom is -0.497 e. The van der Waals surface area contributed by atoms with E-state index < -0.39 is 5.60 Å². The number of hydrogen-bond acceptors (Lipinski definition) is 3. The number of carbonyl (C=O) groups is 1. The summed E-state index contributed by atoms with van der Waals surface area (Å²) in [6.45, 7) is 4.54. The van der Waals surface area contributed by atoms with E-state index in [9.17, 15) is 4.79 Å². The van der Waals surface area contributed by atoms with Crippen molar-refractivity contribution in [3.05, 3.63) is 102 Å². The van der Waals surface area contributed by atoms with E-state index in [-0.39, 0.29) is 5.78 Å². The fourth-order valence-corrected chi connectivity index (χ4v) is 4.34. The van der Waals surface area contributed by atoms with Crippen LogP contribution in [0.4, 0.5) is 0 Å². The molecule has 0 bridgehead atoms. The van der Waals surface area contributed by atoms with Crippen LogP contribution in [0.2, 0.25) is 0 Å². The van der Waals surface area contributed by atoms with Gasteiger partial charge in [-0.3, -0.25) is 4.79 Å². The molecule has 0 amide bonds. The van der Waals surface area contributed by atoms with Crippen LogP contribution in [0.3, 0.4) is 0 Å². The van der Waals surface area contributed by atoms with Crippen molar-refractivity contribution in [3.8, 4) is 11.5 Å². The maximum atomic E-state index is 14.0. The van der Waals surface area contributed by atoms with E-state index in [1.165, 1.54) is 0 Å². The topological polar surface area (TPSA) is 40.5 Å². The van der Waals surface area contributed by atoms with Gasteiger partial charge in [-0.25, -0.2) is 0 Å². The molecule has 0 saturated carbocycles. The third kappa shape index (κ3) is 3.58. The molecule has 0 unspecified atom stereocenters. The quantitative estimate of drug-likeness (QED) is 0.362. The summed E-state index contributed by atoms with van der Waals surface area (Å²) < 4.78 is 13.6. The average Bonchev–Trinajstić information content (AvgIpc) is 3.16. The fourth-order valence-electron chi connectivity index (χ4n) is 4.34. The largest absolute Gasteiger partial charge is 0.497 e. The van der Waals surface area contributed by atoms with Gasteiger partial charge in [0.1, 0.15) is 17.1 Å². The van der Waals surface area contributed by atoms with Crippen LogP contribution in [-0.2, 0) is 6.54 Å². The van der Waals surface area contributed by atoms with Gasteiger partial charge in [0.2, 0.25) is 5.78 Å². The van der Waals surface area contributed by atoms with Crippen LogP contribution in [0, 0.1) is 0 Å². The molecule has 0 fully saturated rings. The van der Waals surface area contributed by atoms with Crippen molar-refractivity contribution >= 4 is 22.3 Å². The molecule has 1 aliphatic heterocycles. The van der Waals surface area contributed by atoms with Crippen molar-refractivity contribution in [2.45, 2.75) is 26.0 Å². The van der Waals surface area contributed by atoms with E-state index in [0.717, 1.165) is 22.0 Å². The van der Waals surface area contributed by atoms with E-state index in [1.807, 2.05) is 74.5 Å². The zero-order chi connectivity index (χ0) is 22.3. The zero-order valence-corrected chi connectivity index (χ0v) is 18.5. The molecular formula is C28H25NO3. The molecule has 2 heterocycles. The molecule has 3 aromatic carbocycles. The molecule has 32 heavy (non-hydrogen) atoms. The van der Waals surface area contributed by atoms with E-state index in [4.69, 9.17) is 9.47 Å². The molecule has 0 radical (unpaired) electrons. The van der Waals surface area contributed by atoms with E-state index in [1.54, 1.807) is 7.11 Å². The van der Waals surface area contributed by atoms with Crippen LogP contribution in [0.15, 0.2) is 84.9 Å². The summed E-state index contributed by atoms with van der Waals surface area (Å²) in [7, 11) is 1.62. The van der Waals surface area contributed by atoms with Crippen molar-refractivity contribution in [3.63, 3.8) is 0 Å². The summed E-state index contributed by atoms with van der Waals surface area (Å²) in [4.78, 5) is 14.0. The number of aromatic nitrogens is 1. The van der Waals surface area contributed by atoms with Gasteiger partial charge in [0.25, 0.3) is 0 Å². The van der Waals surface area contributed by atoms with Gasteiger partial charge >= 0.3 is 0 Å². The maximum Gasteiger partial charge on any atom is 0.209 e. The molecule has 4 nitrogen and oxygen atoms in total. The number of hydrogen-bond donors (Lipinski definition) is 0. The summed E-state index contributed by atoms with van der Waals surface area (Å²) in [5.74, 6) is 1.34. The van der Waals surface area contributed by atoms with E-state index >= 15 is 0 Å². The molecular weight excluding hydrogens is 398 g/mol. The Balaban J connectivity index is 1.65. The van der Waals surface area contributed by atoms with E-state index in [0.29, 0.717) is 29.3 Å². The zero-order valence-electron chi connectivity index (χ0n) is 18.5. The minimum atomic E-state index is -0.610. The molecule has 5 rings (SSSR count). The third-order valence-corrected chi connectivity index (χ3v) is 5.82. The Morgan fingerprint density at radius 2 is 1.72 bits per heavy atom. The molecule has 1 aromatic heterocycles. The first-order valence-corrected chi connectivity index (χ1v) is 10.7. The van der Waals surface area contributed by atoms with E-state index in [2.05, 4.69) is 28.8 Å². The first-order valence-electron chi connectivity index (χ1n) is 10.7. The highest BCUT2D eigenvalue weighted by molar-refractivity contribution is 6.30.